The van der Waals surface area contributed by atoms with Gasteiger partial charge in [0.15, 0.2) is 0 Å². The third-order valence-corrected chi connectivity index (χ3v) is 2.35. The van der Waals surface area contributed by atoms with E-state index in [2.05, 4.69) is 5.10 Å². The lowest BCUT2D eigenvalue weighted by atomic mass is 10.3. The van der Waals surface area contributed by atoms with Crippen LogP contribution in [0.1, 0.15) is 23.9 Å². The molecule has 5 nitrogen and oxygen atoms in total. The summed E-state index contributed by atoms with van der Waals surface area (Å²) in [5.41, 5.74) is 0. The molecule has 0 saturated carbocycles. The van der Waals surface area contributed by atoms with Gasteiger partial charge in [0.1, 0.15) is 6.10 Å². The number of hydrogen-bond donors (Lipinski definition) is 0. The Hall–Kier alpha value is -2.04. The number of aromatic nitrogens is 2. The van der Waals surface area contributed by atoms with E-state index in [9.17, 15) is 4.79 Å². The standard InChI is InChI=1S/C12H14N2O3/c1-10(5-8-14-7-3-6-13-14)17-12(15)11-4-2-9-16-11/h2-4,6-7,9-10H,5,8H2,1H3/t10-/m0/s1. The van der Waals surface area contributed by atoms with Crippen molar-refractivity contribution in [1.29, 1.82) is 0 Å². The Kier molecular flexibility index (Phi) is 3.59. The zero-order chi connectivity index (χ0) is 12.1. The maximum absolute atomic E-state index is 11.5. The number of carbonyl (C=O) groups excluding carboxylic acids is 1. The van der Waals surface area contributed by atoms with Gasteiger partial charge in [-0.05, 0) is 25.1 Å². The van der Waals surface area contributed by atoms with E-state index < -0.39 is 5.97 Å². The first-order valence-electron chi connectivity index (χ1n) is 5.47. The van der Waals surface area contributed by atoms with Crippen molar-refractivity contribution >= 4 is 5.97 Å². The quantitative estimate of drug-likeness (QED) is 0.743. The van der Waals surface area contributed by atoms with Gasteiger partial charge in [-0.15, -0.1) is 0 Å². The van der Waals surface area contributed by atoms with E-state index in [1.165, 1.54) is 6.26 Å². The molecule has 5 heteroatoms. The van der Waals surface area contributed by atoms with Crippen molar-refractivity contribution in [3.8, 4) is 0 Å². The summed E-state index contributed by atoms with van der Waals surface area (Å²) in [4.78, 5) is 11.5. The Morgan fingerprint density at radius 1 is 1.59 bits per heavy atom. The van der Waals surface area contributed by atoms with Crippen molar-refractivity contribution in [2.45, 2.75) is 26.0 Å². The summed E-state index contributed by atoms with van der Waals surface area (Å²) < 4.78 is 12.0. The normalized spacial score (nSPS) is 12.3. The smallest absolute Gasteiger partial charge is 0.374 e. The molecule has 0 radical (unpaired) electrons. The van der Waals surface area contributed by atoms with Crippen LogP contribution in [0.4, 0.5) is 0 Å². The van der Waals surface area contributed by atoms with Gasteiger partial charge in [0.05, 0.1) is 6.26 Å². The highest BCUT2D eigenvalue weighted by molar-refractivity contribution is 5.86. The number of aryl methyl sites for hydroxylation is 1. The predicted molar refractivity (Wildman–Crippen MR) is 60.4 cm³/mol. The van der Waals surface area contributed by atoms with Gasteiger partial charge < -0.3 is 9.15 Å². The highest BCUT2D eigenvalue weighted by Gasteiger charge is 2.14. The largest absolute Gasteiger partial charge is 0.457 e. The molecule has 0 aliphatic carbocycles. The van der Waals surface area contributed by atoms with Gasteiger partial charge in [0.25, 0.3) is 0 Å². The third kappa shape index (κ3) is 3.21. The molecular formula is C12H14N2O3. The SMILES string of the molecule is C[C@@H](CCn1cccn1)OC(=O)c1ccco1. The summed E-state index contributed by atoms with van der Waals surface area (Å²) in [6.07, 6.45) is 5.59. The lowest BCUT2D eigenvalue weighted by Gasteiger charge is -2.11. The van der Waals surface area contributed by atoms with Crippen LogP contribution >= 0.6 is 0 Å². The van der Waals surface area contributed by atoms with E-state index >= 15 is 0 Å². The number of hydrogen-bond acceptors (Lipinski definition) is 4. The number of furan rings is 1. The summed E-state index contributed by atoms with van der Waals surface area (Å²) in [6, 6.07) is 5.10. The van der Waals surface area contributed by atoms with Crippen molar-refractivity contribution in [1.82, 2.24) is 9.78 Å². The van der Waals surface area contributed by atoms with Crippen LogP contribution in [0.3, 0.4) is 0 Å². The zero-order valence-corrected chi connectivity index (χ0v) is 9.57. The first kappa shape index (κ1) is 11.4. The zero-order valence-electron chi connectivity index (χ0n) is 9.57. The van der Waals surface area contributed by atoms with Gasteiger partial charge in [-0.1, -0.05) is 0 Å². The molecule has 0 saturated heterocycles. The Morgan fingerprint density at radius 3 is 3.12 bits per heavy atom. The molecule has 0 unspecified atom stereocenters. The van der Waals surface area contributed by atoms with Gasteiger partial charge in [-0.2, -0.15) is 5.10 Å². The number of carbonyl (C=O) groups is 1. The first-order chi connectivity index (χ1) is 8.25. The highest BCUT2D eigenvalue weighted by atomic mass is 16.6. The van der Waals surface area contributed by atoms with Crippen LogP contribution < -0.4 is 0 Å². The molecule has 0 spiro atoms. The highest BCUT2D eigenvalue weighted by Crippen LogP contribution is 2.07. The molecule has 0 aromatic carbocycles. The van der Waals surface area contributed by atoms with Gasteiger partial charge in [-0.3, -0.25) is 4.68 Å². The van der Waals surface area contributed by atoms with Crippen molar-refractivity contribution in [2.75, 3.05) is 0 Å². The van der Waals surface area contributed by atoms with Crippen LogP contribution in [0, 0.1) is 0 Å². The van der Waals surface area contributed by atoms with Crippen LogP contribution in [0.15, 0.2) is 41.3 Å². The van der Waals surface area contributed by atoms with Gasteiger partial charge in [-0.25, -0.2) is 4.79 Å². The molecule has 2 rings (SSSR count). The molecule has 0 bridgehead atoms. The Labute approximate surface area is 99.0 Å². The first-order valence-corrected chi connectivity index (χ1v) is 5.47. The lowest BCUT2D eigenvalue weighted by Crippen LogP contribution is -2.17. The Morgan fingerprint density at radius 2 is 2.47 bits per heavy atom. The Balaban J connectivity index is 1.77. The molecule has 0 amide bonds. The van der Waals surface area contributed by atoms with Crippen molar-refractivity contribution in [2.24, 2.45) is 0 Å². The summed E-state index contributed by atoms with van der Waals surface area (Å²) in [5, 5.41) is 4.07. The molecule has 2 aromatic heterocycles. The maximum atomic E-state index is 11.5. The van der Waals surface area contributed by atoms with Crippen LogP contribution in [0.25, 0.3) is 0 Å². The summed E-state index contributed by atoms with van der Waals surface area (Å²) in [6.45, 7) is 2.57. The van der Waals surface area contributed by atoms with Crippen molar-refractivity contribution in [3.63, 3.8) is 0 Å². The molecule has 2 heterocycles. The number of esters is 1. The van der Waals surface area contributed by atoms with E-state index in [1.54, 1.807) is 23.0 Å². The molecular weight excluding hydrogens is 220 g/mol. The molecule has 0 N–H and O–H groups in total. The number of nitrogens with zero attached hydrogens (tertiary/aromatic N) is 2. The monoisotopic (exact) mass is 234 g/mol. The van der Waals surface area contributed by atoms with E-state index in [-0.39, 0.29) is 11.9 Å². The summed E-state index contributed by atoms with van der Waals surface area (Å²) in [7, 11) is 0. The average Bonchev–Trinajstić information content (AvgIpc) is 2.99. The van der Waals surface area contributed by atoms with Crippen LogP contribution in [-0.4, -0.2) is 21.9 Å². The molecule has 0 aliphatic heterocycles. The molecule has 90 valence electrons. The topological polar surface area (TPSA) is 57.3 Å². The fourth-order valence-corrected chi connectivity index (χ4v) is 1.44. The fourth-order valence-electron chi connectivity index (χ4n) is 1.44. The molecule has 17 heavy (non-hydrogen) atoms. The second-order valence-electron chi connectivity index (χ2n) is 3.75. The number of rotatable bonds is 5. The minimum absolute atomic E-state index is 0.170. The van der Waals surface area contributed by atoms with Gasteiger partial charge >= 0.3 is 5.97 Å². The van der Waals surface area contributed by atoms with Crippen LogP contribution in [0.5, 0.6) is 0 Å². The summed E-state index contributed by atoms with van der Waals surface area (Å²) in [5.74, 6) is -0.195. The number of ether oxygens (including phenoxy) is 1. The Bertz CT molecular complexity index is 448. The molecule has 2 aromatic rings. The molecule has 0 fully saturated rings. The fraction of sp³-hybridized carbons (Fsp3) is 0.333. The minimum Gasteiger partial charge on any atom is -0.457 e. The minimum atomic E-state index is -0.428. The molecule has 1 atom stereocenters. The average molecular weight is 234 g/mol. The van der Waals surface area contributed by atoms with Gasteiger partial charge in [0.2, 0.25) is 5.76 Å². The van der Waals surface area contributed by atoms with Crippen LogP contribution in [-0.2, 0) is 11.3 Å². The maximum Gasteiger partial charge on any atom is 0.374 e. The predicted octanol–water partition coefficient (Wildman–Crippen LogP) is 2.11. The van der Waals surface area contributed by atoms with E-state index in [4.69, 9.17) is 9.15 Å². The second-order valence-corrected chi connectivity index (χ2v) is 3.75. The van der Waals surface area contributed by atoms with E-state index in [1.807, 2.05) is 19.2 Å². The van der Waals surface area contributed by atoms with Crippen LogP contribution in [0.2, 0.25) is 0 Å². The van der Waals surface area contributed by atoms with Gasteiger partial charge in [0, 0.05) is 25.4 Å². The van der Waals surface area contributed by atoms with E-state index in [0.29, 0.717) is 6.42 Å². The van der Waals surface area contributed by atoms with E-state index in [0.717, 1.165) is 6.54 Å². The second kappa shape index (κ2) is 5.34. The summed E-state index contributed by atoms with van der Waals surface area (Å²) >= 11 is 0. The van der Waals surface area contributed by atoms with Crippen molar-refractivity contribution in [3.05, 3.63) is 42.6 Å². The lowest BCUT2D eigenvalue weighted by molar-refractivity contribution is 0.0278. The van der Waals surface area contributed by atoms with Crippen molar-refractivity contribution < 1.29 is 13.9 Å². The third-order valence-electron chi connectivity index (χ3n) is 2.35. The molecule has 0 aliphatic rings.